The number of terminal acetylenes is 1. The molecule has 0 atom stereocenters. The van der Waals surface area contributed by atoms with E-state index in [2.05, 4.69) is 5.92 Å². The molecule has 0 saturated heterocycles. The highest BCUT2D eigenvalue weighted by molar-refractivity contribution is 7.99. The Kier molecular flexibility index (Phi) is 3.55. The summed E-state index contributed by atoms with van der Waals surface area (Å²) in [5, 5.41) is 1.09. The van der Waals surface area contributed by atoms with Gasteiger partial charge in [-0.2, -0.15) is 0 Å². The van der Waals surface area contributed by atoms with Crippen LogP contribution in [0.1, 0.15) is 6.92 Å². The van der Waals surface area contributed by atoms with Crippen LogP contribution >= 0.6 is 11.8 Å². The van der Waals surface area contributed by atoms with Gasteiger partial charge in [-0.25, -0.2) is 0 Å². The van der Waals surface area contributed by atoms with E-state index in [9.17, 15) is 4.79 Å². The lowest BCUT2D eigenvalue weighted by Crippen LogP contribution is -2.18. The van der Waals surface area contributed by atoms with E-state index in [4.69, 9.17) is 6.42 Å². The zero-order chi connectivity index (χ0) is 12.3. The van der Waals surface area contributed by atoms with Gasteiger partial charge in [-0.3, -0.25) is 4.79 Å². The fourth-order valence-corrected chi connectivity index (χ4v) is 2.62. The molecule has 2 rings (SSSR count). The molecule has 0 fully saturated rings. The van der Waals surface area contributed by atoms with Crippen LogP contribution in [0.3, 0.4) is 0 Å². The SMILES string of the molecule is C#CCSc1cc(=O)n(CC)c2ccccc12. The highest BCUT2D eigenvalue weighted by Crippen LogP contribution is 2.25. The predicted octanol–water partition coefficient (Wildman–Crippen LogP) is 2.75. The fourth-order valence-electron chi connectivity index (χ4n) is 1.87. The summed E-state index contributed by atoms with van der Waals surface area (Å²) in [4.78, 5) is 12.9. The Balaban J connectivity index is 2.71. The third-order valence-corrected chi connectivity index (χ3v) is 3.57. The molecule has 1 aromatic carbocycles. The maximum absolute atomic E-state index is 11.9. The zero-order valence-electron chi connectivity index (χ0n) is 9.64. The van der Waals surface area contributed by atoms with Crippen molar-refractivity contribution >= 4 is 22.7 Å². The van der Waals surface area contributed by atoms with Crippen LogP contribution in [0, 0.1) is 12.3 Å². The second kappa shape index (κ2) is 5.11. The average molecular weight is 243 g/mol. The quantitative estimate of drug-likeness (QED) is 0.611. The highest BCUT2D eigenvalue weighted by Gasteiger charge is 2.07. The van der Waals surface area contributed by atoms with Gasteiger partial charge >= 0.3 is 0 Å². The molecule has 0 spiro atoms. The number of hydrogen-bond acceptors (Lipinski definition) is 2. The van der Waals surface area contributed by atoms with Gasteiger partial charge in [0.25, 0.3) is 5.56 Å². The molecule has 0 unspecified atom stereocenters. The standard InChI is InChI=1S/C14H13NOS/c1-3-9-17-13-10-14(16)15(4-2)12-8-6-5-7-11(12)13/h1,5-8,10H,4,9H2,2H3. The van der Waals surface area contributed by atoms with Crippen LogP contribution < -0.4 is 5.56 Å². The normalized spacial score (nSPS) is 10.4. The first-order chi connectivity index (χ1) is 8.27. The largest absolute Gasteiger partial charge is 0.308 e. The Labute approximate surface area is 105 Å². The summed E-state index contributed by atoms with van der Waals surface area (Å²) in [5.74, 6) is 3.17. The lowest BCUT2D eigenvalue weighted by molar-refractivity contribution is 0.756. The van der Waals surface area contributed by atoms with E-state index in [1.54, 1.807) is 10.6 Å². The smallest absolute Gasteiger partial charge is 0.252 e. The molecule has 17 heavy (non-hydrogen) atoms. The van der Waals surface area contributed by atoms with Crippen LogP contribution in [0.4, 0.5) is 0 Å². The van der Waals surface area contributed by atoms with Crippen LogP contribution in [-0.2, 0) is 6.54 Å². The summed E-state index contributed by atoms with van der Waals surface area (Å²) >= 11 is 1.53. The fraction of sp³-hybridized carbons (Fsp3) is 0.214. The van der Waals surface area contributed by atoms with Gasteiger partial charge in [-0.05, 0) is 13.0 Å². The zero-order valence-corrected chi connectivity index (χ0v) is 10.5. The van der Waals surface area contributed by atoms with E-state index in [0.29, 0.717) is 12.3 Å². The number of nitrogens with zero attached hydrogens (tertiary/aromatic N) is 1. The summed E-state index contributed by atoms with van der Waals surface area (Å²) in [7, 11) is 0. The van der Waals surface area contributed by atoms with E-state index in [1.165, 1.54) is 11.8 Å². The molecule has 2 aromatic rings. The van der Waals surface area contributed by atoms with Gasteiger partial charge in [0.1, 0.15) is 0 Å². The molecule has 0 aliphatic heterocycles. The topological polar surface area (TPSA) is 22.0 Å². The molecule has 0 saturated carbocycles. The summed E-state index contributed by atoms with van der Waals surface area (Å²) in [6.07, 6.45) is 5.26. The lowest BCUT2D eigenvalue weighted by atomic mass is 10.2. The lowest BCUT2D eigenvalue weighted by Gasteiger charge is -2.10. The first kappa shape index (κ1) is 11.8. The predicted molar refractivity (Wildman–Crippen MR) is 73.4 cm³/mol. The Hall–Kier alpha value is -1.66. The van der Waals surface area contributed by atoms with Crippen molar-refractivity contribution in [2.24, 2.45) is 0 Å². The molecule has 1 aromatic heterocycles. The summed E-state index contributed by atoms with van der Waals surface area (Å²) in [5.41, 5.74) is 1.01. The van der Waals surface area contributed by atoms with Crippen molar-refractivity contribution in [1.82, 2.24) is 4.57 Å². The molecule has 2 nitrogen and oxygen atoms in total. The van der Waals surface area contributed by atoms with Crippen LogP contribution in [0.15, 0.2) is 40.0 Å². The number of aromatic nitrogens is 1. The maximum Gasteiger partial charge on any atom is 0.252 e. The Morgan fingerprint density at radius 1 is 1.41 bits per heavy atom. The van der Waals surface area contributed by atoms with Crippen molar-refractivity contribution in [3.8, 4) is 12.3 Å². The third kappa shape index (κ3) is 2.22. The summed E-state index contributed by atoms with van der Waals surface area (Å²) in [6.45, 7) is 2.65. The van der Waals surface area contributed by atoms with Crippen molar-refractivity contribution in [2.45, 2.75) is 18.4 Å². The second-order valence-corrected chi connectivity index (χ2v) is 4.62. The van der Waals surface area contributed by atoms with E-state index in [0.717, 1.165) is 15.8 Å². The number of benzene rings is 1. The van der Waals surface area contributed by atoms with Gasteiger partial charge in [0.15, 0.2) is 0 Å². The molecule has 0 radical (unpaired) electrons. The van der Waals surface area contributed by atoms with Gasteiger partial charge < -0.3 is 4.57 Å². The molecule has 86 valence electrons. The Bertz CT molecular complexity index is 637. The molecule has 0 N–H and O–H groups in total. The highest BCUT2D eigenvalue weighted by atomic mass is 32.2. The molecular weight excluding hydrogens is 230 g/mol. The van der Waals surface area contributed by atoms with Crippen molar-refractivity contribution in [2.75, 3.05) is 5.75 Å². The van der Waals surface area contributed by atoms with Gasteiger partial charge in [0.05, 0.1) is 11.3 Å². The van der Waals surface area contributed by atoms with Crippen LogP contribution in [0.25, 0.3) is 10.9 Å². The molecule has 1 heterocycles. The maximum atomic E-state index is 11.9. The minimum absolute atomic E-state index is 0.0331. The Morgan fingerprint density at radius 2 is 2.18 bits per heavy atom. The van der Waals surface area contributed by atoms with Gasteiger partial charge in [-0.15, -0.1) is 18.2 Å². The van der Waals surface area contributed by atoms with Crippen molar-refractivity contribution in [3.63, 3.8) is 0 Å². The van der Waals surface area contributed by atoms with E-state index >= 15 is 0 Å². The molecule has 0 aliphatic rings. The van der Waals surface area contributed by atoms with Crippen molar-refractivity contribution < 1.29 is 0 Å². The number of rotatable bonds is 3. The van der Waals surface area contributed by atoms with E-state index in [-0.39, 0.29) is 5.56 Å². The van der Waals surface area contributed by atoms with Gasteiger partial charge in [0.2, 0.25) is 0 Å². The molecule has 0 amide bonds. The number of hydrogen-bond donors (Lipinski definition) is 0. The molecule has 3 heteroatoms. The third-order valence-electron chi connectivity index (χ3n) is 2.61. The van der Waals surface area contributed by atoms with E-state index < -0.39 is 0 Å². The van der Waals surface area contributed by atoms with Crippen LogP contribution in [0.5, 0.6) is 0 Å². The molecule has 0 aliphatic carbocycles. The number of aryl methyl sites for hydroxylation is 1. The number of para-hydroxylation sites is 1. The van der Waals surface area contributed by atoms with Crippen LogP contribution in [0.2, 0.25) is 0 Å². The second-order valence-electron chi connectivity index (χ2n) is 3.60. The van der Waals surface area contributed by atoms with Gasteiger partial charge in [0, 0.05) is 22.9 Å². The van der Waals surface area contributed by atoms with Crippen molar-refractivity contribution in [1.29, 1.82) is 0 Å². The number of fused-ring (bicyclic) bond motifs is 1. The number of thioether (sulfide) groups is 1. The van der Waals surface area contributed by atoms with Crippen LogP contribution in [-0.4, -0.2) is 10.3 Å². The summed E-state index contributed by atoms with van der Waals surface area (Å²) < 4.78 is 1.77. The molecule has 0 bridgehead atoms. The Morgan fingerprint density at radius 3 is 2.88 bits per heavy atom. The van der Waals surface area contributed by atoms with Gasteiger partial charge in [-0.1, -0.05) is 24.1 Å². The average Bonchev–Trinajstić information content (AvgIpc) is 2.36. The minimum Gasteiger partial charge on any atom is -0.308 e. The van der Waals surface area contributed by atoms with E-state index in [1.807, 2.05) is 31.2 Å². The summed E-state index contributed by atoms with van der Waals surface area (Å²) in [6, 6.07) is 9.60. The number of pyridine rings is 1. The minimum atomic E-state index is 0.0331. The molecular formula is C14H13NOS. The first-order valence-corrected chi connectivity index (χ1v) is 6.45. The monoisotopic (exact) mass is 243 g/mol. The first-order valence-electron chi connectivity index (χ1n) is 5.46. The van der Waals surface area contributed by atoms with Crippen molar-refractivity contribution in [3.05, 3.63) is 40.7 Å².